The molecular formula is C13H17N3O3S. The number of likely N-dealkylation sites (N-methyl/N-ethyl adjacent to an activating group) is 1. The second-order valence-electron chi connectivity index (χ2n) is 4.54. The summed E-state index contributed by atoms with van der Waals surface area (Å²) in [6, 6.07) is 8.60. The Balaban J connectivity index is 2.63. The highest BCUT2D eigenvalue weighted by molar-refractivity contribution is 7.88. The van der Waals surface area contributed by atoms with Gasteiger partial charge in [-0.25, -0.2) is 8.42 Å². The zero-order valence-corrected chi connectivity index (χ0v) is 12.4. The first-order valence-corrected chi connectivity index (χ1v) is 7.79. The Kier molecular flexibility index (Phi) is 5.25. The molecule has 0 spiro atoms. The Morgan fingerprint density at radius 3 is 2.40 bits per heavy atom. The van der Waals surface area contributed by atoms with Crippen molar-refractivity contribution in [1.29, 1.82) is 5.26 Å². The Bertz CT molecular complexity index is 617. The maximum Gasteiger partial charge on any atom is 0.235 e. The lowest BCUT2D eigenvalue weighted by Gasteiger charge is -2.17. The summed E-state index contributed by atoms with van der Waals surface area (Å²) >= 11 is 0. The minimum Gasteiger partial charge on any atom is -0.348 e. The molecule has 0 unspecified atom stereocenters. The van der Waals surface area contributed by atoms with Crippen molar-refractivity contribution in [1.82, 2.24) is 9.62 Å². The van der Waals surface area contributed by atoms with E-state index in [0.717, 1.165) is 16.1 Å². The molecule has 0 fully saturated rings. The predicted molar refractivity (Wildman–Crippen MR) is 75.2 cm³/mol. The monoisotopic (exact) mass is 295 g/mol. The van der Waals surface area contributed by atoms with Crippen LogP contribution in [0.3, 0.4) is 0 Å². The number of benzene rings is 1. The van der Waals surface area contributed by atoms with Crippen LogP contribution in [-0.2, 0) is 14.8 Å². The average Bonchev–Trinajstić information content (AvgIpc) is 2.37. The minimum atomic E-state index is -3.37. The lowest BCUT2D eigenvalue weighted by Crippen LogP contribution is -2.38. The Morgan fingerprint density at radius 2 is 1.95 bits per heavy atom. The van der Waals surface area contributed by atoms with E-state index >= 15 is 0 Å². The maximum atomic E-state index is 11.7. The van der Waals surface area contributed by atoms with E-state index in [1.807, 2.05) is 6.07 Å². The number of carbonyl (C=O) groups excluding carboxylic acids is 1. The third-order valence-electron chi connectivity index (χ3n) is 2.85. The van der Waals surface area contributed by atoms with E-state index in [1.165, 1.54) is 7.05 Å². The molecule has 20 heavy (non-hydrogen) atoms. The zero-order valence-electron chi connectivity index (χ0n) is 11.6. The minimum absolute atomic E-state index is 0.223. The van der Waals surface area contributed by atoms with Crippen molar-refractivity contribution in [2.24, 2.45) is 0 Å². The van der Waals surface area contributed by atoms with Crippen molar-refractivity contribution in [2.45, 2.75) is 13.0 Å². The number of nitriles is 1. The van der Waals surface area contributed by atoms with Crippen LogP contribution in [0.2, 0.25) is 0 Å². The molecule has 0 aliphatic heterocycles. The molecule has 0 saturated carbocycles. The van der Waals surface area contributed by atoms with Crippen LogP contribution in [0, 0.1) is 11.3 Å². The Hall–Kier alpha value is -1.91. The van der Waals surface area contributed by atoms with E-state index in [2.05, 4.69) is 5.32 Å². The van der Waals surface area contributed by atoms with Crippen LogP contribution in [0.25, 0.3) is 0 Å². The van der Waals surface area contributed by atoms with Gasteiger partial charge in [-0.2, -0.15) is 9.57 Å². The van der Waals surface area contributed by atoms with Crippen LogP contribution < -0.4 is 5.32 Å². The van der Waals surface area contributed by atoms with Gasteiger partial charge in [0.15, 0.2) is 0 Å². The first kappa shape index (κ1) is 16.1. The molecule has 1 amide bonds. The molecule has 0 aliphatic carbocycles. The van der Waals surface area contributed by atoms with Gasteiger partial charge in [0.2, 0.25) is 15.9 Å². The molecule has 108 valence electrons. The third-order valence-corrected chi connectivity index (χ3v) is 4.11. The van der Waals surface area contributed by atoms with E-state index in [9.17, 15) is 13.2 Å². The third kappa shape index (κ3) is 4.64. The first-order valence-electron chi connectivity index (χ1n) is 5.94. The van der Waals surface area contributed by atoms with Crippen LogP contribution in [0.5, 0.6) is 0 Å². The summed E-state index contributed by atoms with van der Waals surface area (Å²) in [6.07, 6.45) is 1.05. The summed E-state index contributed by atoms with van der Waals surface area (Å²) in [7, 11) is -2.02. The van der Waals surface area contributed by atoms with Crippen LogP contribution in [-0.4, -0.2) is 38.5 Å². The SMILES string of the molecule is C[C@H](NC(=O)CN(C)S(C)(=O)=O)c1ccc(C#N)cc1. The quantitative estimate of drug-likeness (QED) is 0.862. The number of hydrogen-bond acceptors (Lipinski definition) is 4. The summed E-state index contributed by atoms with van der Waals surface area (Å²) in [6.45, 7) is 1.57. The molecular weight excluding hydrogens is 278 g/mol. The van der Waals surface area contributed by atoms with Crippen molar-refractivity contribution >= 4 is 15.9 Å². The molecule has 1 rings (SSSR count). The fraction of sp³-hybridized carbons (Fsp3) is 0.385. The molecule has 0 aliphatic rings. The van der Waals surface area contributed by atoms with E-state index in [-0.39, 0.29) is 18.5 Å². The molecule has 0 heterocycles. The van der Waals surface area contributed by atoms with Crippen molar-refractivity contribution in [2.75, 3.05) is 19.8 Å². The topological polar surface area (TPSA) is 90.3 Å². The smallest absolute Gasteiger partial charge is 0.235 e. The number of sulfonamides is 1. The molecule has 1 aromatic rings. The molecule has 0 saturated heterocycles. The number of carbonyl (C=O) groups is 1. The molecule has 0 aromatic heterocycles. The van der Waals surface area contributed by atoms with Gasteiger partial charge in [-0.3, -0.25) is 4.79 Å². The number of nitrogens with one attached hydrogen (secondary N) is 1. The second-order valence-corrected chi connectivity index (χ2v) is 6.63. The second kappa shape index (κ2) is 6.50. The highest BCUT2D eigenvalue weighted by Crippen LogP contribution is 2.13. The number of nitrogens with zero attached hydrogens (tertiary/aromatic N) is 2. The molecule has 1 atom stereocenters. The van der Waals surface area contributed by atoms with Gasteiger partial charge in [-0.05, 0) is 24.6 Å². The van der Waals surface area contributed by atoms with Gasteiger partial charge >= 0.3 is 0 Å². The summed E-state index contributed by atoms with van der Waals surface area (Å²) in [5, 5.41) is 11.4. The zero-order chi connectivity index (χ0) is 15.3. The van der Waals surface area contributed by atoms with Crippen molar-refractivity contribution in [3.05, 3.63) is 35.4 Å². The Labute approximate surface area is 119 Å². The number of amides is 1. The van der Waals surface area contributed by atoms with Gasteiger partial charge in [0.05, 0.1) is 30.5 Å². The van der Waals surface area contributed by atoms with Crippen molar-refractivity contribution in [3.8, 4) is 6.07 Å². The normalized spacial score (nSPS) is 12.8. The molecule has 7 heteroatoms. The molecule has 1 aromatic carbocycles. The van der Waals surface area contributed by atoms with Crippen molar-refractivity contribution < 1.29 is 13.2 Å². The van der Waals surface area contributed by atoms with Crippen LogP contribution in [0.15, 0.2) is 24.3 Å². The molecule has 1 N–H and O–H groups in total. The molecule has 0 radical (unpaired) electrons. The first-order chi connectivity index (χ1) is 9.24. The van der Waals surface area contributed by atoms with Crippen LogP contribution >= 0.6 is 0 Å². The maximum absolute atomic E-state index is 11.7. The predicted octanol–water partition coefficient (Wildman–Crippen LogP) is 0.627. The highest BCUT2D eigenvalue weighted by Gasteiger charge is 2.16. The van der Waals surface area contributed by atoms with Gasteiger partial charge in [0.25, 0.3) is 0 Å². The largest absolute Gasteiger partial charge is 0.348 e. The van der Waals surface area contributed by atoms with E-state index in [1.54, 1.807) is 31.2 Å². The van der Waals surface area contributed by atoms with E-state index < -0.39 is 10.0 Å². The van der Waals surface area contributed by atoms with Gasteiger partial charge < -0.3 is 5.32 Å². The number of rotatable bonds is 5. The summed E-state index contributed by atoms with van der Waals surface area (Å²) in [4.78, 5) is 11.7. The summed E-state index contributed by atoms with van der Waals surface area (Å²) < 4.78 is 23.4. The van der Waals surface area contributed by atoms with Gasteiger partial charge in [0.1, 0.15) is 0 Å². The lowest BCUT2D eigenvalue weighted by molar-refractivity contribution is -0.121. The molecule has 0 bridgehead atoms. The summed E-state index contributed by atoms with van der Waals surface area (Å²) in [5.74, 6) is -0.380. The average molecular weight is 295 g/mol. The van der Waals surface area contributed by atoms with Crippen molar-refractivity contribution in [3.63, 3.8) is 0 Å². The fourth-order valence-corrected chi connectivity index (χ4v) is 1.89. The van der Waals surface area contributed by atoms with Crippen LogP contribution in [0.4, 0.5) is 0 Å². The van der Waals surface area contributed by atoms with Crippen LogP contribution in [0.1, 0.15) is 24.1 Å². The summed E-state index contributed by atoms with van der Waals surface area (Å²) in [5.41, 5.74) is 1.39. The lowest BCUT2D eigenvalue weighted by atomic mass is 10.1. The highest BCUT2D eigenvalue weighted by atomic mass is 32.2. The standard InChI is InChI=1S/C13H17N3O3S/c1-10(12-6-4-11(8-14)5-7-12)15-13(17)9-16(2)20(3,18)19/h4-7,10H,9H2,1-3H3,(H,15,17)/t10-/m0/s1. The van der Waals surface area contributed by atoms with Gasteiger partial charge in [0, 0.05) is 7.05 Å². The fourth-order valence-electron chi connectivity index (χ4n) is 1.54. The van der Waals surface area contributed by atoms with E-state index in [0.29, 0.717) is 5.56 Å². The Morgan fingerprint density at radius 1 is 1.40 bits per heavy atom. The number of hydrogen-bond donors (Lipinski definition) is 1. The van der Waals surface area contributed by atoms with Gasteiger partial charge in [-0.1, -0.05) is 12.1 Å². The van der Waals surface area contributed by atoms with Gasteiger partial charge in [-0.15, -0.1) is 0 Å². The van der Waals surface area contributed by atoms with E-state index in [4.69, 9.17) is 5.26 Å². The molecule has 6 nitrogen and oxygen atoms in total.